The second-order valence-electron chi connectivity index (χ2n) is 16.0. The van der Waals surface area contributed by atoms with Gasteiger partial charge < -0.3 is 19.8 Å². The maximum atomic E-state index is 12.9. The molecule has 328 valence electrons. The number of hydrogen-bond donors (Lipinski definition) is 3. The molecule has 3 unspecified atom stereocenters. The molecule has 0 aromatic rings. The summed E-state index contributed by atoms with van der Waals surface area (Å²) in [5.41, 5.74) is 0. The van der Waals surface area contributed by atoms with Crippen molar-refractivity contribution in [3.05, 3.63) is 85.1 Å². The fourth-order valence-electron chi connectivity index (χ4n) is 5.79. The summed E-state index contributed by atoms with van der Waals surface area (Å²) in [4.78, 5) is 23.1. The number of quaternary nitrogens is 1. The van der Waals surface area contributed by atoms with Crippen LogP contribution in [0.3, 0.4) is 0 Å². The van der Waals surface area contributed by atoms with Gasteiger partial charge in [0.15, 0.2) is 0 Å². The number of aliphatic hydroxyl groups is 1. The molecule has 0 aliphatic carbocycles. The Bertz CT molecular complexity index is 1200. The number of nitrogens with one attached hydrogen (secondary N) is 1. The van der Waals surface area contributed by atoms with E-state index in [1.807, 2.05) is 27.2 Å². The van der Waals surface area contributed by atoms with E-state index in [1.54, 1.807) is 6.08 Å². The van der Waals surface area contributed by atoms with Gasteiger partial charge in [-0.05, 0) is 77.0 Å². The Kier molecular flexibility index (Phi) is 37.6. The van der Waals surface area contributed by atoms with Crippen LogP contribution >= 0.6 is 7.82 Å². The minimum atomic E-state index is -4.36. The van der Waals surface area contributed by atoms with E-state index in [2.05, 4.69) is 92.1 Å². The van der Waals surface area contributed by atoms with Crippen LogP contribution < -0.4 is 5.32 Å². The van der Waals surface area contributed by atoms with Crippen molar-refractivity contribution < 1.29 is 32.9 Å². The smallest absolute Gasteiger partial charge is 0.387 e. The standard InChI is InChI=1S/C48H85N2O6P/c1-6-8-10-12-14-16-18-20-22-23-24-25-26-27-28-30-32-34-36-38-40-42-48(52)49-46(45-56-57(53,54)55-44-43-50(3,4)5)47(51)41-39-37-35-33-31-29-21-19-17-15-13-11-9-7-2/h8,10,14,16,20,22,24-25,27-28,31,33,39,41,46-47,51H,6-7,9,11-13,15,17-19,21,23,26,29-30,32,34-38,40,42-45H2,1-5H3,(H-,49,52,53,54)/p+1/b10-8-,16-14-,22-20-,25-24-,28-27-,33-31+,41-39+. The van der Waals surface area contributed by atoms with Gasteiger partial charge in [0.25, 0.3) is 0 Å². The molecule has 0 aliphatic heterocycles. The third kappa shape index (κ3) is 41.6. The molecule has 1 amide bonds. The summed E-state index contributed by atoms with van der Waals surface area (Å²) in [7, 11) is 1.52. The fourth-order valence-corrected chi connectivity index (χ4v) is 6.52. The van der Waals surface area contributed by atoms with Gasteiger partial charge in [0.05, 0.1) is 39.9 Å². The Balaban J connectivity index is 4.50. The third-order valence-electron chi connectivity index (χ3n) is 9.35. The average molecular weight is 818 g/mol. The molecule has 3 atom stereocenters. The molecule has 0 saturated carbocycles. The third-order valence-corrected chi connectivity index (χ3v) is 10.3. The van der Waals surface area contributed by atoms with Gasteiger partial charge in [-0.25, -0.2) is 4.57 Å². The lowest BCUT2D eigenvalue weighted by Crippen LogP contribution is -2.45. The summed E-state index contributed by atoms with van der Waals surface area (Å²) in [5, 5.41) is 13.8. The lowest BCUT2D eigenvalue weighted by molar-refractivity contribution is -0.870. The lowest BCUT2D eigenvalue weighted by atomic mass is 10.1. The van der Waals surface area contributed by atoms with Crippen molar-refractivity contribution in [2.45, 2.75) is 174 Å². The molecule has 0 radical (unpaired) electrons. The van der Waals surface area contributed by atoms with Crippen LogP contribution in [0.2, 0.25) is 0 Å². The molecule has 0 fully saturated rings. The number of amides is 1. The van der Waals surface area contributed by atoms with Gasteiger partial charge in [0.2, 0.25) is 5.91 Å². The molecule has 8 nitrogen and oxygen atoms in total. The number of aliphatic hydroxyl groups excluding tert-OH is 1. The highest BCUT2D eigenvalue weighted by Crippen LogP contribution is 2.43. The minimum absolute atomic E-state index is 0.0473. The van der Waals surface area contributed by atoms with Crippen LogP contribution in [0.25, 0.3) is 0 Å². The average Bonchev–Trinajstić information content (AvgIpc) is 3.16. The predicted molar refractivity (Wildman–Crippen MR) is 244 cm³/mol. The summed E-state index contributed by atoms with van der Waals surface area (Å²) in [6.07, 6.45) is 53.7. The second-order valence-corrected chi connectivity index (χ2v) is 17.5. The maximum absolute atomic E-state index is 12.9. The molecule has 0 aromatic heterocycles. The van der Waals surface area contributed by atoms with E-state index in [-0.39, 0.29) is 19.1 Å². The molecule has 57 heavy (non-hydrogen) atoms. The van der Waals surface area contributed by atoms with Crippen molar-refractivity contribution in [2.24, 2.45) is 0 Å². The lowest BCUT2D eigenvalue weighted by Gasteiger charge is -2.25. The number of carbonyl (C=O) groups excluding carboxylic acids is 1. The zero-order chi connectivity index (χ0) is 42.1. The summed E-state index contributed by atoms with van der Waals surface area (Å²) in [6.45, 7) is 4.63. The first-order valence-electron chi connectivity index (χ1n) is 22.5. The van der Waals surface area contributed by atoms with E-state index < -0.39 is 20.0 Å². The van der Waals surface area contributed by atoms with Gasteiger partial charge in [0, 0.05) is 6.42 Å². The summed E-state index contributed by atoms with van der Waals surface area (Å²) in [5.74, 6) is -0.211. The normalized spacial score (nSPS) is 15.1. The summed E-state index contributed by atoms with van der Waals surface area (Å²) in [6, 6.07) is -0.878. The molecule has 9 heteroatoms. The van der Waals surface area contributed by atoms with Gasteiger partial charge >= 0.3 is 7.82 Å². The second kappa shape index (κ2) is 39.2. The highest BCUT2D eigenvalue weighted by Gasteiger charge is 2.27. The topological polar surface area (TPSA) is 105 Å². The van der Waals surface area contributed by atoms with E-state index in [0.717, 1.165) is 89.9 Å². The van der Waals surface area contributed by atoms with Gasteiger partial charge in [-0.3, -0.25) is 13.8 Å². The summed E-state index contributed by atoms with van der Waals surface area (Å²) >= 11 is 0. The number of rotatable bonds is 39. The van der Waals surface area contributed by atoms with Crippen molar-refractivity contribution >= 4 is 13.7 Å². The molecule has 0 saturated heterocycles. The number of hydrogen-bond acceptors (Lipinski definition) is 5. The Hall–Kier alpha value is -2.32. The number of unbranched alkanes of at least 4 members (excludes halogenated alkanes) is 14. The molecular weight excluding hydrogens is 732 g/mol. The number of likely N-dealkylation sites (N-methyl/N-ethyl adjacent to an activating group) is 1. The van der Waals surface area contributed by atoms with Crippen molar-refractivity contribution in [3.63, 3.8) is 0 Å². The van der Waals surface area contributed by atoms with Crippen LogP contribution in [0.4, 0.5) is 0 Å². The SMILES string of the molecule is CC/C=C\C/C=C\C/C=C\C/C=C\C/C=C\CCCCCCCC(=O)NC(COP(=O)(O)OCC[N+](C)(C)C)C(O)/C=C/CC/C=C/CCCCCCCCCC. The molecule has 0 aliphatic rings. The minimum Gasteiger partial charge on any atom is -0.387 e. The predicted octanol–water partition coefficient (Wildman–Crippen LogP) is 12.6. The highest BCUT2D eigenvalue weighted by atomic mass is 31.2. The Morgan fingerprint density at radius 2 is 1.07 bits per heavy atom. The Morgan fingerprint density at radius 1 is 0.614 bits per heavy atom. The van der Waals surface area contributed by atoms with Crippen molar-refractivity contribution in [2.75, 3.05) is 40.9 Å². The number of nitrogens with zero attached hydrogens (tertiary/aromatic N) is 1. The van der Waals surface area contributed by atoms with Crippen molar-refractivity contribution in [1.82, 2.24) is 5.32 Å². The van der Waals surface area contributed by atoms with Crippen molar-refractivity contribution in [1.29, 1.82) is 0 Å². The Labute approximate surface area is 350 Å². The molecular formula is C48H86N2O6P+. The van der Waals surface area contributed by atoms with Crippen LogP contribution in [-0.4, -0.2) is 73.4 Å². The first kappa shape index (κ1) is 54.7. The van der Waals surface area contributed by atoms with Crippen LogP contribution in [0.1, 0.15) is 162 Å². The van der Waals surface area contributed by atoms with Gasteiger partial charge in [-0.15, -0.1) is 0 Å². The molecule has 3 N–H and O–H groups in total. The molecule has 0 bridgehead atoms. The molecule has 0 aromatic carbocycles. The number of carbonyl (C=O) groups is 1. The van der Waals surface area contributed by atoms with Crippen LogP contribution in [-0.2, 0) is 18.4 Å². The van der Waals surface area contributed by atoms with Crippen LogP contribution in [0.15, 0.2) is 85.1 Å². The van der Waals surface area contributed by atoms with E-state index in [0.29, 0.717) is 17.4 Å². The maximum Gasteiger partial charge on any atom is 0.472 e. The first-order chi connectivity index (χ1) is 27.5. The van der Waals surface area contributed by atoms with Gasteiger partial charge in [-0.1, -0.05) is 163 Å². The Morgan fingerprint density at radius 3 is 1.61 bits per heavy atom. The van der Waals surface area contributed by atoms with E-state index >= 15 is 0 Å². The van der Waals surface area contributed by atoms with Crippen LogP contribution in [0, 0.1) is 0 Å². The first-order valence-corrected chi connectivity index (χ1v) is 24.0. The van der Waals surface area contributed by atoms with E-state index in [9.17, 15) is 19.4 Å². The zero-order valence-electron chi connectivity index (χ0n) is 37.0. The largest absolute Gasteiger partial charge is 0.472 e. The van der Waals surface area contributed by atoms with Crippen LogP contribution in [0.5, 0.6) is 0 Å². The number of allylic oxidation sites excluding steroid dienone is 13. The van der Waals surface area contributed by atoms with E-state index in [4.69, 9.17) is 9.05 Å². The highest BCUT2D eigenvalue weighted by molar-refractivity contribution is 7.47. The quantitative estimate of drug-likeness (QED) is 0.0247. The summed E-state index contributed by atoms with van der Waals surface area (Å²) < 4.78 is 23.5. The fraction of sp³-hybridized carbons (Fsp3) is 0.688. The molecule has 0 heterocycles. The number of phosphoric ester groups is 1. The number of phosphoric acid groups is 1. The van der Waals surface area contributed by atoms with Gasteiger partial charge in [-0.2, -0.15) is 0 Å². The molecule has 0 rings (SSSR count). The molecule has 0 spiro atoms. The monoisotopic (exact) mass is 818 g/mol. The zero-order valence-corrected chi connectivity index (χ0v) is 37.9. The van der Waals surface area contributed by atoms with Crippen molar-refractivity contribution in [3.8, 4) is 0 Å². The van der Waals surface area contributed by atoms with E-state index in [1.165, 1.54) is 51.4 Å². The van der Waals surface area contributed by atoms with Gasteiger partial charge in [0.1, 0.15) is 13.2 Å².